The highest BCUT2D eigenvalue weighted by atomic mass is 19.1. The Labute approximate surface area is 182 Å². The van der Waals surface area contributed by atoms with Crippen molar-refractivity contribution < 1.29 is 19.0 Å². The van der Waals surface area contributed by atoms with Crippen LogP contribution in [-0.2, 0) is 15.6 Å². The van der Waals surface area contributed by atoms with E-state index in [0.717, 1.165) is 5.69 Å². The van der Waals surface area contributed by atoms with E-state index in [0.29, 0.717) is 41.2 Å². The smallest absolute Gasteiger partial charge is 0.313 e. The Bertz CT molecular complexity index is 1150. The fourth-order valence-corrected chi connectivity index (χ4v) is 4.05. The molecule has 0 bridgehead atoms. The van der Waals surface area contributed by atoms with E-state index >= 15 is 4.39 Å². The minimum Gasteiger partial charge on any atom is -0.497 e. The number of nitrogens with zero attached hydrogens (tertiary/aromatic N) is 3. The summed E-state index contributed by atoms with van der Waals surface area (Å²) in [7, 11) is 1.47. The molecule has 7 heteroatoms. The normalized spacial score (nSPS) is 13.9. The molecular formula is C24H30FN3O3. The second kappa shape index (κ2) is 7.94. The summed E-state index contributed by atoms with van der Waals surface area (Å²) >= 11 is 0. The summed E-state index contributed by atoms with van der Waals surface area (Å²) in [4.78, 5) is 17.1. The van der Waals surface area contributed by atoms with Gasteiger partial charge in [-0.3, -0.25) is 4.79 Å². The third-order valence-electron chi connectivity index (χ3n) is 5.76. The summed E-state index contributed by atoms with van der Waals surface area (Å²) < 4.78 is 22.0. The number of benzene rings is 1. The summed E-state index contributed by atoms with van der Waals surface area (Å²) in [5.41, 5.74) is 1.54. The van der Waals surface area contributed by atoms with E-state index in [1.54, 1.807) is 30.5 Å². The van der Waals surface area contributed by atoms with E-state index in [4.69, 9.17) is 9.84 Å². The van der Waals surface area contributed by atoms with E-state index < -0.39 is 17.2 Å². The van der Waals surface area contributed by atoms with Crippen LogP contribution >= 0.6 is 0 Å². The van der Waals surface area contributed by atoms with Crippen LogP contribution in [0.25, 0.3) is 16.9 Å². The lowest BCUT2D eigenvalue weighted by atomic mass is 9.76. The lowest BCUT2D eigenvalue weighted by molar-refractivity contribution is -0.143. The number of ether oxygens (including phenoxy) is 1. The number of hydrogen-bond acceptors (Lipinski definition) is 4. The van der Waals surface area contributed by atoms with Crippen molar-refractivity contribution in [3.8, 4) is 17.0 Å². The molecule has 0 saturated carbocycles. The summed E-state index contributed by atoms with van der Waals surface area (Å²) in [5, 5.41) is 14.9. The molecule has 0 fully saturated rings. The molecule has 0 spiro atoms. The molecule has 6 nitrogen and oxygen atoms in total. The average molecular weight is 428 g/mol. The number of aryl methyl sites for hydroxylation is 1. The van der Waals surface area contributed by atoms with E-state index in [1.807, 2.05) is 33.8 Å². The van der Waals surface area contributed by atoms with Gasteiger partial charge in [0.15, 0.2) is 5.65 Å². The van der Waals surface area contributed by atoms with Gasteiger partial charge in [-0.05, 0) is 32.4 Å². The molecule has 1 unspecified atom stereocenters. The van der Waals surface area contributed by atoms with Crippen molar-refractivity contribution in [2.45, 2.75) is 65.2 Å². The lowest BCUT2D eigenvalue weighted by Gasteiger charge is -2.29. The number of rotatable bonds is 6. The molecule has 0 aliphatic heterocycles. The van der Waals surface area contributed by atoms with Crippen LogP contribution in [0, 0.1) is 12.7 Å². The molecule has 31 heavy (non-hydrogen) atoms. The number of carboxylic acid groups (broad SMARTS) is 1. The highest BCUT2D eigenvalue weighted by Gasteiger charge is 2.40. The SMILES string of the molecule is CCCC(C)(C(=O)O)c1c(C)nc2cc(C(C)(C)C)nn2c1-c1ccc(OC)cc1F. The third kappa shape index (κ3) is 3.89. The highest BCUT2D eigenvalue weighted by molar-refractivity contribution is 5.85. The van der Waals surface area contributed by atoms with Crippen LogP contribution in [0.5, 0.6) is 5.75 Å². The van der Waals surface area contributed by atoms with Gasteiger partial charge in [0.25, 0.3) is 0 Å². The van der Waals surface area contributed by atoms with Gasteiger partial charge in [0, 0.05) is 34.4 Å². The number of methoxy groups -OCH3 is 1. The topological polar surface area (TPSA) is 76.7 Å². The zero-order valence-corrected chi connectivity index (χ0v) is 19.2. The Balaban J connectivity index is 2.50. The fourth-order valence-electron chi connectivity index (χ4n) is 4.05. The van der Waals surface area contributed by atoms with Gasteiger partial charge in [0.2, 0.25) is 0 Å². The predicted molar refractivity (Wildman–Crippen MR) is 118 cm³/mol. The lowest BCUT2D eigenvalue weighted by Crippen LogP contribution is -2.35. The first-order chi connectivity index (χ1) is 14.4. The molecule has 2 heterocycles. The van der Waals surface area contributed by atoms with Crippen molar-refractivity contribution in [3.05, 3.63) is 47.0 Å². The summed E-state index contributed by atoms with van der Waals surface area (Å²) in [6, 6.07) is 6.45. The molecular weight excluding hydrogens is 397 g/mol. The molecule has 1 aromatic carbocycles. The van der Waals surface area contributed by atoms with Crippen molar-refractivity contribution in [1.29, 1.82) is 0 Å². The zero-order chi connectivity index (χ0) is 23.1. The Morgan fingerprint density at radius 1 is 1.23 bits per heavy atom. The monoisotopic (exact) mass is 427 g/mol. The van der Waals surface area contributed by atoms with E-state index in [-0.39, 0.29) is 11.0 Å². The molecule has 1 atom stereocenters. The number of carbonyl (C=O) groups is 1. The molecule has 0 aliphatic carbocycles. The van der Waals surface area contributed by atoms with Crippen LogP contribution in [0.15, 0.2) is 24.3 Å². The second-order valence-corrected chi connectivity index (χ2v) is 9.20. The molecule has 3 aromatic rings. The van der Waals surface area contributed by atoms with Crippen LogP contribution in [0.1, 0.15) is 64.4 Å². The first-order valence-corrected chi connectivity index (χ1v) is 10.4. The molecule has 0 radical (unpaired) electrons. The molecule has 0 amide bonds. The first-order valence-electron chi connectivity index (χ1n) is 10.4. The molecule has 166 valence electrons. The third-order valence-corrected chi connectivity index (χ3v) is 5.76. The van der Waals surface area contributed by atoms with Gasteiger partial charge < -0.3 is 9.84 Å². The minimum absolute atomic E-state index is 0.253. The van der Waals surface area contributed by atoms with Crippen LogP contribution in [0.3, 0.4) is 0 Å². The number of fused-ring (bicyclic) bond motifs is 1. The number of aliphatic carboxylic acids is 1. The molecule has 3 rings (SSSR count). The zero-order valence-electron chi connectivity index (χ0n) is 19.2. The van der Waals surface area contributed by atoms with Gasteiger partial charge in [-0.1, -0.05) is 34.1 Å². The number of carboxylic acids is 1. The van der Waals surface area contributed by atoms with Gasteiger partial charge in [0.1, 0.15) is 11.6 Å². The van der Waals surface area contributed by atoms with Gasteiger partial charge in [-0.15, -0.1) is 0 Å². The van der Waals surface area contributed by atoms with Gasteiger partial charge in [0.05, 0.1) is 23.9 Å². The minimum atomic E-state index is -1.25. The maximum atomic E-state index is 15.3. The van der Waals surface area contributed by atoms with Crippen molar-refractivity contribution in [2.75, 3.05) is 7.11 Å². The largest absolute Gasteiger partial charge is 0.497 e. The van der Waals surface area contributed by atoms with E-state index in [9.17, 15) is 9.90 Å². The quantitative estimate of drug-likeness (QED) is 0.578. The number of halogens is 1. The van der Waals surface area contributed by atoms with Crippen molar-refractivity contribution in [3.63, 3.8) is 0 Å². The van der Waals surface area contributed by atoms with Gasteiger partial charge in [-0.25, -0.2) is 13.9 Å². The maximum absolute atomic E-state index is 15.3. The Morgan fingerprint density at radius 3 is 2.42 bits per heavy atom. The Hall–Kier alpha value is -2.96. The summed E-state index contributed by atoms with van der Waals surface area (Å²) in [6.07, 6.45) is 1.03. The van der Waals surface area contributed by atoms with Gasteiger partial charge in [-0.2, -0.15) is 5.10 Å². The summed E-state index contributed by atoms with van der Waals surface area (Å²) in [6.45, 7) is 11.5. The Morgan fingerprint density at radius 2 is 1.90 bits per heavy atom. The number of hydrogen-bond donors (Lipinski definition) is 1. The predicted octanol–water partition coefficient (Wildman–Crippen LogP) is 5.29. The van der Waals surface area contributed by atoms with Crippen LogP contribution in [0.4, 0.5) is 4.39 Å². The van der Waals surface area contributed by atoms with Crippen LogP contribution < -0.4 is 4.74 Å². The summed E-state index contributed by atoms with van der Waals surface area (Å²) in [5.74, 6) is -1.10. The second-order valence-electron chi connectivity index (χ2n) is 9.20. The fraction of sp³-hybridized carbons (Fsp3) is 0.458. The van der Waals surface area contributed by atoms with Crippen molar-refractivity contribution in [1.82, 2.24) is 14.6 Å². The first kappa shape index (κ1) is 22.7. The average Bonchev–Trinajstić information content (AvgIpc) is 3.11. The Kier molecular flexibility index (Phi) is 5.82. The van der Waals surface area contributed by atoms with E-state index in [1.165, 1.54) is 13.2 Å². The maximum Gasteiger partial charge on any atom is 0.313 e. The van der Waals surface area contributed by atoms with Crippen molar-refractivity contribution in [2.24, 2.45) is 0 Å². The number of aromatic nitrogens is 3. The van der Waals surface area contributed by atoms with Crippen LogP contribution in [-0.4, -0.2) is 32.8 Å². The molecule has 1 N–H and O–H groups in total. The van der Waals surface area contributed by atoms with Crippen molar-refractivity contribution >= 4 is 11.6 Å². The molecule has 0 saturated heterocycles. The van der Waals surface area contributed by atoms with Gasteiger partial charge >= 0.3 is 5.97 Å². The molecule has 0 aliphatic rings. The standard InChI is InChI=1S/C24H30FN3O3/c1-8-11-24(6,22(29)30)20-14(2)26-19-13-18(23(3,4)5)27-28(19)21(20)16-10-9-15(31-7)12-17(16)25/h9-10,12-13H,8,11H2,1-7H3,(H,29,30). The molecule has 2 aromatic heterocycles. The van der Waals surface area contributed by atoms with Crippen LogP contribution in [0.2, 0.25) is 0 Å². The van der Waals surface area contributed by atoms with E-state index in [2.05, 4.69) is 4.98 Å². The highest BCUT2D eigenvalue weighted by Crippen LogP contribution is 2.40.